The second-order valence-electron chi connectivity index (χ2n) is 5.73. The maximum Gasteiger partial charge on any atom is 0.276 e. The van der Waals surface area contributed by atoms with Crippen LogP contribution in [0.3, 0.4) is 0 Å². The Morgan fingerprint density at radius 1 is 1.46 bits per heavy atom. The van der Waals surface area contributed by atoms with Crippen LogP contribution >= 0.6 is 0 Å². The van der Waals surface area contributed by atoms with Gasteiger partial charge in [-0.15, -0.1) is 0 Å². The van der Waals surface area contributed by atoms with E-state index < -0.39 is 10.0 Å². The van der Waals surface area contributed by atoms with E-state index in [2.05, 4.69) is 15.4 Å². The molecule has 1 saturated heterocycles. The van der Waals surface area contributed by atoms with Gasteiger partial charge in [0.15, 0.2) is 5.65 Å². The third kappa shape index (κ3) is 3.20. The van der Waals surface area contributed by atoms with Crippen molar-refractivity contribution in [3.05, 3.63) is 33.9 Å². The summed E-state index contributed by atoms with van der Waals surface area (Å²) in [6.45, 7) is 2.65. The molecule has 0 spiro atoms. The first-order valence-corrected chi connectivity index (χ1v) is 9.29. The number of carbonyl (C=O) groups excluding carboxylic acids is 1. The third-order valence-corrected chi connectivity index (χ3v) is 6.03. The number of aryl methyl sites for hydroxylation is 1. The zero-order valence-corrected chi connectivity index (χ0v) is 14.1. The SMILES string of the molecule is Cc1nc2cc[nH]n2c(=O)c1CC(=O)NCCN1CCCS1(=O)=O. The van der Waals surface area contributed by atoms with Gasteiger partial charge in [0.2, 0.25) is 15.9 Å². The fraction of sp³-hybridized carbons (Fsp3) is 0.500. The number of carbonyl (C=O) groups is 1. The average Bonchev–Trinajstić information content (AvgIpc) is 3.10. The van der Waals surface area contributed by atoms with Crippen LogP contribution in [0.1, 0.15) is 17.7 Å². The van der Waals surface area contributed by atoms with Gasteiger partial charge in [-0.05, 0) is 13.3 Å². The quantitative estimate of drug-likeness (QED) is 0.717. The van der Waals surface area contributed by atoms with E-state index in [4.69, 9.17) is 0 Å². The standard InChI is InChI=1S/C14H19N5O4S/c1-10-11(14(21)19-12(17-10)3-4-16-19)9-13(20)15-5-7-18-6-2-8-24(18,22)23/h3-4,16H,2,5-9H2,1H3,(H,15,20). The zero-order chi connectivity index (χ0) is 17.3. The molecule has 24 heavy (non-hydrogen) atoms. The Bertz CT molecular complexity index is 930. The van der Waals surface area contributed by atoms with Gasteiger partial charge in [-0.25, -0.2) is 22.2 Å². The maximum atomic E-state index is 12.3. The molecule has 0 aliphatic carbocycles. The van der Waals surface area contributed by atoms with Crippen LogP contribution in [0.25, 0.3) is 5.65 Å². The predicted molar refractivity (Wildman–Crippen MR) is 87.2 cm³/mol. The van der Waals surface area contributed by atoms with Gasteiger partial charge in [0.05, 0.1) is 12.2 Å². The highest BCUT2D eigenvalue weighted by Crippen LogP contribution is 2.11. The Morgan fingerprint density at radius 2 is 2.25 bits per heavy atom. The lowest BCUT2D eigenvalue weighted by molar-refractivity contribution is -0.120. The van der Waals surface area contributed by atoms with Crippen molar-refractivity contribution >= 4 is 21.6 Å². The van der Waals surface area contributed by atoms with Crippen molar-refractivity contribution in [2.24, 2.45) is 0 Å². The summed E-state index contributed by atoms with van der Waals surface area (Å²) in [6.07, 6.45) is 2.13. The van der Waals surface area contributed by atoms with Crippen LogP contribution in [0.5, 0.6) is 0 Å². The van der Waals surface area contributed by atoms with Crippen molar-refractivity contribution in [3.63, 3.8) is 0 Å². The Hall–Kier alpha value is -2.20. The lowest BCUT2D eigenvalue weighted by atomic mass is 10.1. The van der Waals surface area contributed by atoms with E-state index in [1.807, 2.05) is 0 Å². The summed E-state index contributed by atoms with van der Waals surface area (Å²) >= 11 is 0. The van der Waals surface area contributed by atoms with Crippen molar-refractivity contribution in [2.45, 2.75) is 19.8 Å². The summed E-state index contributed by atoms with van der Waals surface area (Å²) in [5.41, 5.74) is 1.03. The molecule has 2 N–H and O–H groups in total. The molecule has 2 aromatic heterocycles. The second kappa shape index (κ2) is 6.36. The number of hydrogen-bond acceptors (Lipinski definition) is 5. The minimum Gasteiger partial charge on any atom is -0.354 e. The number of rotatable bonds is 5. The first-order valence-electron chi connectivity index (χ1n) is 7.68. The number of sulfonamides is 1. The number of nitrogens with zero attached hydrogens (tertiary/aromatic N) is 3. The predicted octanol–water partition coefficient (Wildman–Crippen LogP) is -0.975. The van der Waals surface area contributed by atoms with Gasteiger partial charge in [0.25, 0.3) is 5.56 Å². The highest BCUT2D eigenvalue weighted by atomic mass is 32.2. The van der Waals surface area contributed by atoms with E-state index in [1.165, 1.54) is 8.82 Å². The number of hydrogen-bond donors (Lipinski definition) is 2. The first kappa shape index (κ1) is 16.7. The van der Waals surface area contributed by atoms with Crippen LogP contribution in [-0.4, -0.2) is 58.6 Å². The minimum atomic E-state index is -3.16. The molecule has 130 valence electrons. The summed E-state index contributed by atoms with van der Waals surface area (Å²) in [5.74, 6) is -0.168. The van der Waals surface area contributed by atoms with Crippen molar-refractivity contribution < 1.29 is 13.2 Å². The van der Waals surface area contributed by atoms with Crippen molar-refractivity contribution in [3.8, 4) is 0 Å². The summed E-state index contributed by atoms with van der Waals surface area (Å²) in [4.78, 5) is 28.7. The van der Waals surface area contributed by atoms with Crippen molar-refractivity contribution in [1.29, 1.82) is 0 Å². The van der Waals surface area contributed by atoms with Gasteiger partial charge in [-0.2, -0.15) is 0 Å². The van der Waals surface area contributed by atoms with Crippen LogP contribution in [-0.2, 0) is 21.2 Å². The molecule has 0 bridgehead atoms. The molecule has 1 amide bonds. The Morgan fingerprint density at radius 3 is 2.96 bits per heavy atom. The lowest BCUT2D eigenvalue weighted by Gasteiger charge is -2.14. The van der Waals surface area contributed by atoms with E-state index in [0.29, 0.717) is 29.9 Å². The number of amides is 1. The van der Waals surface area contributed by atoms with Gasteiger partial charge >= 0.3 is 0 Å². The van der Waals surface area contributed by atoms with Gasteiger partial charge < -0.3 is 5.32 Å². The zero-order valence-electron chi connectivity index (χ0n) is 13.3. The molecular weight excluding hydrogens is 334 g/mol. The second-order valence-corrected chi connectivity index (χ2v) is 7.82. The number of nitrogens with one attached hydrogen (secondary N) is 2. The maximum absolute atomic E-state index is 12.3. The van der Waals surface area contributed by atoms with Crippen molar-refractivity contribution in [1.82, 2.24) is 24.2 Å². The number of fused-ring (bicyclic) bond motifs is 1. The Labute approximate surface area is 138 Å². The van der Waals surface area contributed by atoms with E-state index in [1.54, 1.807) is 19.2 Å². The molecule has 2 aromatic rings. The van der Waals surface area contributed by atoms with Gasteiger partial charge in [0, 0.05) is 43.2 Å². The molecule has 1 aliphatic heterocycles. The highest BCUT2D eigenvalue weighted by molar-refractivity contribution is 7.89. The molecule has 0 atom stereocenters. The molecule has 1 aliphatic rings. The summed E-state index contributed by atoms with van der Waals surface area (Å²) < 4.78 is 26.0. The van der Waals surface area contributed by atoms with Crippen LogP contribution in [0.4, 0.5) is 0 Å². The normalized spacial score (nSPS) is 17.4. The molecular formula is C14H19N5O4S. The molecule has 3 rings (SSSR count). The van der Waals surface area contributed by atoms with Gasteiger partial charge in [-0.3, -0.25) is 14.7 Å². The Kier molecular flexibility index (Phi) is 4.41. The van der Waals surface area contributed by atoms with Crippen LogP contribution in [0.2, 0.25) is 0 Å². The van der Waals surface area contributed by atoms with Gasteiger partial charge in [0.1, 0.15) is 0 Å². The molecule has 0 aromatic carbocycles. The van der Waals surface area contributed by atoms with E-state index in [-0.39, 0.29) is 36.7 Å². The number of H-pyrrole nitrogens is 1. The van der Waals surface area contributed by atoms with Crippen LogP contribution in [0, 0.1) is 6.92 Å². The fourth-order valence-electron chi connectivity index (χ4n) is 2.79. The van der Waals surface area contributed by atoms with Crippen LogP contribution < -0.4 is 10.9 Å². The third-order valence-electron chi connectivity index (χ3n) is 4.07. The lowest BCUT2D eigenvalue weighted by Crippen LogP contribution is -2.37. The molecule has 3 heterocycles. The molecule has 0 saturated carbocycles. The average molecular weight is 353 g/mol. The van der Waals surface area contributed by atoms with Crippen LogP contribution in [0.15, 0.2) is 17.1 Å². The molecule has 0 radical (unpaired) electrons. The monoisotopic (exact) mass is 353 g/mol. The first-order chi connectivity index (χ1) is 11.4. The molecule has 1 fully saturated rings. The highest BCUT2D eigenvalue weighted by Gasteiger charge is 2.27. The largest absolute Gasteiger partial charge is 0.354 e. The summed E-state index contributed by atoms with van der Waals surface area (Å²) in [5, 5.41) is 5.42. The van der Waals surface area contributed by atoms with E-state index in [0.717, 1.165) is 0 Å². The minimum absolute atomic E-state index is 0.0909. The fourth-order valence-corrected chi connectivity index (χ4v) is 4.32. The Balaban J connectivity index is 1.62. The number of aromatic amines is 1. The molecule has 0 unspecified atom stereocenters. The molecule has 9 nitrogen and oxygen atoms in total. The molecule has 10 heteroatoms. The van der Waals surface area contributed by atoms with E-state index >= 15 is 0 Å². The smallest absolute Gasteiger partial charge is 0.276 e. The number of aromatic nitrogens is 3. The topological polar surface area (TPSA) is 117 Å². The van der Waals surface area contributed by atoms with Crippen molar-refractivity contribution in [2.75, 3.05) is 25.4 Å². The van der Waals surface area contributed by atoms with E-state index in [9.17, 15) is 18.0 Å². The summed E-state index contributed by atoms with van der Waals surface area (Å²) in [7, 11) is -3.16. The van der Waals surface area contributed by atoms with Gasteiger partial charge in [-0.1, -0.05) is 0 Å². The summed E-state index contributed by atoms with van der Waals surface area (Å²) in [6, 6.07) is 1.68.